The highest BCUT2D eigenvalue weighted by molar-refractivity contribution is 5.96. The molecule has 2 amide bonds. The van der Waals surface area contributed by atoms with Gasteiger partial charge in [0, 0.05) is 49.7 Å². The fourth-order valence-corrected chi connectivity index (χ4v) is 3.29. The molecule has 0 saturated heterocycles. The van der Waals surface area contributed by atoms with Gasteiger partial charge in [-0.1, -0.05) is 0 Å². The van der Waals surface area contributed by atoms with Crippen LogP contribution in [0.25, 0.3) is 11.4 Å². The van der Waals surface area contributed by atoms with Gasteiger partial charge in [0.05, 0.1) is 24.5 Å². The number of nitrogens with zero attached hydrogens (tertiary/aromatic N) is 2. The van der Waals surface area contributed by atoms with Crippen molar-refractivity contribution in [1.29, 1.82) is 0 Å². The van der Waals surface area contributed by atoms with Crippen LogP contribution in [-0.4, -0.2) is 84.2 Å². The number of amides is 2. The van der Waals surface area contributed by atoms with Gasteiger partial charge in [0.25, 0.3) is 11.8 Å². The van der Waals surface area contributed by atoms with E-state index >= 15 is 0 Å². The molecule has 0 aliphatic rings. The zero-order valence-corrected chi connectivity index (χ0v) is 24.1. The maximum absolute atomic E-state index is 12.6. The lowest BCUT2D eigenvalue weighted by Gasteiger charge is -2.19. The second kappa shape index (κ2) is 15.0. The minimum atomic E-state index is -0.549. The second-order valence-corrected chi connectivity index (χ2v) is 10.9. The molecule has 0 fully saturated rings. The average molecular weight is 557 g/mol. The van der Waals surface area contributed by atoms with Crippen LogP contribution in [0.2, 0.25) is 0 Å². The predicted octanol–water partition coefficient (Wildman–Crippen LogP) is 1.47. The highest BCUT2D eigenvalue weighted by atomic mass is 16.6. The summed E-state index contributed by atoms with van der Waals surface area (Å²) in [5.74, 6) is -1.35. The Morgan fingerprint density at radius 3 is 1.38 bits per heavy atom. The first kappa shape index (κ1) is 32.3. The molecule has 12 heteroatoms. The van der Waals surface area contributed by atoms with E-state index in [1.807, 2.05) is 0 Å². The standard InChI is InChI=1S/C28H40N6O6/c1-27(2,3)39-23(35)17-29-11-13-33-25(37)19-7-9-31-21(15-19)22-16-20(8-10-32-22)26(38)34-14-12-30-18-24(36)40-28(4,5)6/h7-10,15-16,29-30H,11-14,17-18H2,1-6H3,(H,33,37)(H,34,38). The van der Waals surface area contributed by atoms with Crippen molar-refractivity contribution >= 4 is 23.8 Å². The molecule has 0 aliphatic carbocycles. The maximum Gasteiger partial charge on any atom is 0.320 e. The van der Waals surface area contributed by atoms with Crippen LogP contribution in [0, 0.1) is 0 Å². The fourth-order valence-electron chi connectivity index (χ4n) is 3.29. The number of hydrogen-bond acceptors (Lipinski definition) is 10. The highest BCUT2D eigenvalue weighted by Crippen LogP contribution is 2.17. The molecule has 4 N–H and O–H groups in total. The summed E-state index contributed by atoms with van der Waals surface area (Å²) in [6, 6.07) is 6.34. The Hall–Kier alpha value is -3.90. The van der Waals surface area contributed by atoms with Gasteiger partial charge >= 0.3 is 11.9 Å². The van der Waals surface area contributed by atoms with Gasteiger partial charge in [0.1, 0.15) is 11.2 Å². The number of ether oxygens (including phenoxy) is 2. The lowest BCUT2D eigenvalue weighted by atomic mass is 10.1. The van der Waals surface area contributed by atoms with Gasteiger partial charge in [-0.3, -0.25) is 29.1 Å². The molecule has 40 heavy (non-hydrogen) atoms. The Bertz CT molecular complexity index is 1080. The molecule has 2 rings (SSSR count). The largest absolute Gasteiger partial charge is 0.459 e. The van der Waals surface area contributed by atoms with E-state index in [-0.39, 0.29) is 36.8 Å². The van der Waals surface area contributed by atoms with Crippen molar-refractivity contribution in [1.82, 2.24) is 31.2 Å². The number of carbonyl (C=O) groups is 4. The predicted molar refractivity (Wildman–Crippen MR) is 150 cm³/mol. The number of aromatic nitrogens is 2. The summed E-state index contributed by atoms with van der Waals surface area (Å²) in [7, 11) is 0. The van der Waals surface area contributed by atoms with E-state index in [1.165, 1.54) is 12.4 Å². The Balaban J connectivity index is 1.83. The Kier molecular flexibility index (Phi) is 12.1. The van der Waals surface area contributed by atoms with Gasteiger partial charge in [0.2, 0.25) is 0 Å². The summed E-state index contributed by atoms with van der Waals surface area (Å²) in [6.07, 6.45) is 2.99. The molecule has 0 radical (unpaired) electrons. The van der Waals surface area contributed by atoms with E-state index in [9.17, 15) is 19.2 Å². The molecule has 0 spiro atoms. The van der Waals surface area contributed by atoms with E-state index in [0.717, 1.165) is 0 Å². The Labute approximate surface area is 235 Å². The number of esters is 2. The summed E-state index contributed by atoms with van der Waals surface area (Å²) in [5.41, 5.74) is 0.529. The monoisotopic (exact) mass is 556 g/mol. The van der Waals surface area contributed by atoms with E-state index in [0.29, 0.717) is 48.7 Å². The van der Waals surface area contributed by atoms with Crippen LogP contribution >= 0.6 is 0 Å². The van der Waals surface area contributed by atoms with Gasteiger partial charge in [-0.2, -0.15) is 0 Å². The number of nitrogens with one attached hydrogen (secondary N) is 4. The topological polar surface area (TPSA) is 161 Å². The molecule has 0 aliphatic heterocycles. The smallest absolute Gasteiger partial charge is 0.320 e. The van der Waals surface area contributed by atoms with Gasteiger partial charge in [-0.15, -0.1) is 0 Å². The molecule has 2 heterocycles. The first-order valence-corrected chi connectivity index (χ1v) is 13.1. The van der Waals surface area contributed by atoms with Gasteiger partial charge in [-0.05, 0) is 65.8 Å². The third kappa shape index (κ3) is 12.8. The minimum absolute atomic E-state index is 0.0464. The molecule has 12 nitrogen and oxygen atoms in total. The van der Waals surface area contributed by atoms with Crippen LogP contribution in [0.3, 0.4) is 0 Å². The zero-order valence-electron chi connectivity index (χ0n) is 24.1. The second-order valence-electron chi connectivity index (χ2n) is 10.9. The molecule has 2 aromatic rings. The van der Waals surface area contributed by atoms with Crippen molar-refractivity contribution in [2.24, 2.45) is 0 Å². The van der Waals surface area contributed by atoms with Crippen LogP contribution in [0.4, 0.5) is 0 Å². The van der Waals surface area contributed by atoms with E-state index in [2.05, 4.69) is 31.2 Å². The third-order valence-corrected chi connectivity index (χ3v) is 4.86. The Morgan fingerprint density at radius 1 is 0.650 bits per heavy atom. The maximum atomic E-state index is 12.6. The van der Waals surface area contributed by atoms with Crippen LogP contribution < -0.4 is 21.3 Å². The van der Waals surface area contributed by atoms with Gasteiger partial charge < -0.3 is 30.7 Å². The Morgan fingerprint density at radius 2 is 1.02 bits per heavy atom. The molecular formula is C28H40N6O6. The summed E-state index contributed by atoms with van der Waals surface area (Å²) in [5, 5.41) is 11.4. The number of pyridine rings is 2. The van der Waals surface area contributed by atoms with Crippen molar-refractivity contribution < 1.29 is 28.7 Å². The van der Waals surface area contributed by atoms with Crippen molar-refractivity contribution in [3.8, 4) is 11.4 Å². The van der Waals surface area contributed by atoms with Crippen molar-refractivity contribution in [3.05, 3.63) is 47.8 Å². The average Bonchev–Trinajstić information content (AvgIpc) is 2.86. The van der Waals surface area contributed by atoms with E-state index in [1.54, 1.807) is 65.8 Å². The highest BCUT2D eigenvalue weighted by Gasteiger charge is 2.17. The van der Waals surface area contributed by atoms with Crippen LogP contribution in [0.1, 0.15) is 62.3 Å². The number of hydrogen-bond donors (Lipinski definition) is 4. The fraction of sp³-hybridized carbons (Fsp3) is 0.500. The molecular weight excluding hydrogens is 516 g/mol. The number of rotatable bonds is 13. The normalized spacial score (nSPS) is 11.4. The first-order chi connectivity index (χ1) is 18.7. The molecule has 0 saturated carbocycles. The van der Waals surface area contributed by atoms with Crippen molar-refractivity contribution in [2.45, 2.75) is 52.7 Å². The summed E-state index contributed by atoms with van der Waals surface area (Å²) in [6.45, 7) is 12.3. The van der Waals surface area contributed by atoms with Gasteiger partial charge in [-0.25, -0.2) is 0 Å². The molecule has 0 unspecified atom stereocenters. The first-order valence-electron chi connectivity index (χ1n) is 13.1. The molecule has 0 aromatic carbocycles. The molecule has 2 aromatic heterocycles. The summed E-state index contributed by atoms with van der Waals surface area (Å²) >= 11 is 0. The molecule has 218 valence electrons. The van der Waals surface area contributed by atoms with Gasteiger partial charge in [0.15, 0.2) is 0 Å². The zero-order chi connectivity index (χ0) is 29.8. The SMILES string of the molecule is CC(C)(C)OC(=O)CNCCNC(=O)c1ccnc(-c2cc(C(=O)NCCNCC(=O)OC(C)(C)C)ccn2)c1. The third-order valence-electron chi connectivity index (χ3n) is 4.86. The van der Waals surface area contributed by atoms with Crippen molar-refractivity contribution in [2.75, 3.05) is 39.3 Å². The number of carbonyl (C=O) groups excluding carboxylic acids is 4. The van der Waals surface area contributed by atoms with Crippen molar-refractivity contribution in [3.63, 3.8) is 0 Å². The van der Waals surface area contributed by atoms with E-state index < -0.39 is 11.2 Å². The quantitative estimate of drug-likeness (QED) is 0.210. The van der Waals surface area contributed by atoms with Crippen LogP contribution in [0.5, 0.6) is 0 Å². The summed E-state index contributed by atoms with van der Waals surface area (Å²) in [4.78, 5) is 57.2. The minimum Gasteiger partial charge on any atom is -0.459 e. The van der Waals surface area contributed by atoms with Crippen LogP contribution in [-0.2, 0) is 19.1 Å². The van der Waals surface area contributed by atoms with E-state index in [4.69, 9.17) is 9.47 Å². The summed E-state index contributed by atoms with van der Waals surface area (Å²) < 4.78 is 10.4. The lowest BCUT2D eigenvalue weighted by molar-refractivity contribution is -0.154. The molecule has 0 atom stereocenters. The lowest BCUT2D eigenvalue weighted by Crippen LogP contribution is -2.36. The molecule has 0 bridgehead atoms. The van der Waals surface area contributed by atoms with Crippen LogP contribution in [0.15, 0.2) is 36.7 Å².